The predicted octanol–water partition coefficient (Wildman–Crippen LogP) is 6.92. The molecule has 1 saturated heterocycles. The number of nitrogens with two attached hydrogens (primary N) is 1. The summed E-state index contributed by atoms with van der Waals surface area (Å²) in [6.07, 6.45) is 17.6. The van der Waals surface area contributed by atoms with Gasteiger partial charge in [-0.25, -0.2) is 13.9 Å². The van der Waals surface area contributed by atoms with Crippen LogP contribution in [0, 0.1) is 11.8 Å². The Morgan fingerprint density at radius 3 is 2.29 bits per heavy atom. The van der Waals surface area contributed by atoms with E-state index in [0.29, 0.717) is 19.3 Å². The minimum atomic E-state index is -5.73. The highest BCUT2D eigenvalue weighted by molar-refractivity contribution is 7.61. The van der Waals surface area contributed by atoms with Crippen molar-refractivity contribution in [3.05, 3.63) is 83.5 Å². The fourth-order valence-electron chi connectivity index (χ4n) is 7.90. The van der Waals surface area contributed by atoms with Crippen LogP contribution in [0.1, 0.15) is 142 Å². The van der Waals surface area contributed by atoms with Gasteiger partial charge in [-0.05, 0) is 70.3 Å². The number of hydrogen-bond donors (Lipinski definition) is 7. The maximum absolute atomic E-state index is 14.3. The second-order valence-corrected chi connectivity index (χ2v) is 21.1. The van der Waals surface area contributed by atoms with Gasteiger partial charge in [0.15, 0.2) is 6.10 Å². The molecule has 1 aromatic rings. The first kappa shape index (κ1) is 63.3. The standard InChI is InChI=1S/C50H79N3O18P2/c1-3-5-7-8-9-10-11-12-13-14-15-16-17-18-24-28-46(58)69-38-34-66-45(57)27-23-20-19-22-26-40-42(56)33-41(55)39(30-29-37(54)25-21-6-4-2)47(59)48(60)43(36-68-73(64,65)71-72(62,63)67-35-38)70-49(40)53-32-31-44(51)52-50(53)61/h5,7,9-10,12-13,19,22,29-32,37-41,43,47-49,54-55,59-60H,3-4,6,8,11,14-18,20-21,23-28,33-36H2,1-2H3,(H,62,63)(H,64,65)(H2,51,52,61)/b7-5-,10-9-,13-12-,22-19-,30-29+/t37-,38+,39-,40-,41+,43+,47-,48+,49+/m0/s1. The zero-order valence-electron chi connectivity index (χ0n) is 42.1. The zero-order chi connectivity index (χ0) is 53.7. The number of aromatic nitrogens is 2. The summed E-state index contributed by atoms with van der Waals surface area (Å²) in [6, 6.07) is 1.21. The number of ketones is 1. The average molecular weight is 1070 g/mol. The van der Waals surface area contributed by atoms with Crippen molar-refractivity contribution < 1.29 is 81.3 Å². The third-order valence-electron chi connectivity index (χ3n) is 11.9. The number of nitrogens with zero attached hydrogens (tertiary/aromatic N) is 2. The van der Waals surface area contributed by atoms with Crippen LogP contribution in [-0.2, 0) is 51.1 Å². The second kappa shape index (κ2) is 34.6. The van der Waals surface area contributed by atoms with E-state index in [4.69, 9.17) is 29.0 Å². The molecule has 1 fully saturated rings. The van der Waals surface area contributed by atoms with Crippen LogP contribution < -0.4 is 11.4 Å². The van der Waals surface area contributed by atoms with Crippen molar-refractivity contribution in [2.45, 2.75) is 179 Å². The van der Waals surface area contributed by atoms with Gasteiger partial charge >= 0.3 is 33.3 Å². The Kier molecular flexibility index (Phi) is 30.0. The molecule has 2 bridgehead atoms. The fraction of sp³-hybridized carbons (Fsp3) is 0.660. The van der Waals surface area contributed by atoms with Gasteiger partial charge in [0.2, 0.25) is 0 Å². The molecule has 23 heteroatoms. The lowest BCUT2D eigenvalue weighted by molar-refractivity contribution is -0.183. The van der Waals surface area contributed by atoms with Gasteiger partial charge in [0.1, 0.15) is 36.6 Å². The Balaban J connectivity index is 1.82. The Hall–Kier alpha value is -3.95. The SMILES string of the molecule is CC/C=C\C/C=C\C/C=C\CCCCCCCC(=O)O[C@@H]1COC(=O)CCC/C=C\C[C@H]2C(=O)C[C@@H](O)[C@H](/C=C/[C@@H](O)CCCCC)[C@H](O)[C@H](O)[C@@H](COP(=O)(O)OP(=O)(O)OC1)O[C@H]2n1ccc(N)nc1=O. The number of hydrogen-bond acceptors (Lipinski definition) is 18. The third kappa shape index (κ3) is 25.4. The van der Waals surface area contributed by atoms with E-state index in [0.717, 1.165) is 75.0 Å². The molecule has 1 aromatic heterocycles. The lowest BCUT2D eigenvalue weighted by Crippen LogP contribution is -2.51. The van der Waals surface area contributed by atoms with E-state index in [1.807, 2.05) is 6.92 Å². The van der Waals surface area contributed by atoms with Gasteiger partial charge in [0, 0.05) is 31.4 Å². The number of unbranched alkanes of at least 4 members (excludes halogenated alkanes) is 7. The number of carbonyl (C=O) groups is 3. The molecular formula is C50H79N3O18P2. The molecule has 2 aliphatic heterocycles. The zero-order valence-corrected chi connectivity index (χ0v) is 43.9. The highest BCUT2D eigenvalue weighted by Gasteiger charge is 2.45. The summed E-state index contributed by atoms with van der Waals surface area (Å²) < 4.78 is 58.8. The van der Waals surface area contributed by atoms with Crippen molar-refractivity contribution in [2.24, 2.45) is 11.8 Å². The highest BCUT2D eigenvalue weighted by Crippen LogP contribution is 2.60. The number of rotatable bonds is 21. The molecule has 11 atom stereocenters. The number of allylic oxidation sites excluding steroid dienone is 8. The van der Waals surface area contributed by atoms with E-state index in [1.54, 1.807) is 12.2 Å². The van der Waals surface area contributed by atoms with Crippen LogP contribution in [-0.4, -0.2) is 114 Å². The van der Waals surface area contributed by atoms with E-state index < -0.39 is 120 Å². The maximum Gasteiger partial charge on any atom is 0.481 e. The molecule has 0 aromatic carbocycles. The monoisotopic (exact) mass is 1070 g/mol. The summed E-state index contributed by atoms with van der Waals surface area (Å²) in [6.45, 7) is 1.29. The summed E-state index contributed by atoms with van der Waals surface area (Å²) in [5, 5.41) is 45.5. The maximum atomic E-state index is 14.3. The van der Waals surface area contributed by atoms with E-state index in [9.17, 15) is 58.5 Å². The Morgan fingerprint density at radius 1 is 0.890 bits per heavy atom. The van der Waals surface area contributed by atoms with Crippen LogP contribution in [0.25, 0.3) is 0 Å². The van der Waals surface area contributed by atoms with Crippen molar-refractivity contribution >= 4 is 39.2 Å². The average Bonchev–Trinajstić information content (AvgIpc) is 3.33. The quantitative estimate of drug-likeness (QED) is 0.0284. The normalized spacial score (nSPS) is 29.9. The lowest BCUT2D eigenvalue weighted by atomic mass is 9.83. The van der Waals surface area contributed by atoms with Crippen LogP contribution in [0.4, 0.5) is 5.82 Å². The number of carbonyl (C=O) groups excluding carboxylic acids is 3. The van der Waals surface area contributed by atoms with Crippen molar-refractivity contribution in [1.29, 1.82) is 0 Å². The Bertz CT molecular complexity index is 2130. The van der Waals surface area contributed by atoms with Crippen molar-refractivity contribution in [2.75, 3.05) is 25.6 Å². The van der Waals surface area contributed by atoms with E-state index >= 15 is 0 Å². The number of aliphatic hydroxyl groups excluding tert-OH is 4. The van der Waals surface area contributed by atoms with E-state index in [1.165, 1.54) is 18.2 Å². The summed E-state index contributed by atoms with van der Waals surface area (Å²) >= 11 is 0. The summed E-state index contributed by atoms with van der Waals surface area (Å²) in [5.74, 6) is -5.19. The van der Waals surface area contributed by atoms with Crippen molar-refractivity contribution in [3.63, 3.8) is 0 Å². The number of aliphatic hydroxyl groups is 4. The number of fused-ring (bicyclic) bond motifs is 3. The molecule has 8 N–H and O–H groups in total. The first-order chi connectivity index (χ1) is 34.9. The number of phosphoric ester groups is 2. The summed E-state index contributed by atoms with van der Waals surface area (Å²) in [7, 11) is -11.3. The van der Waals surface area contributed by atoms with Gasteiger partial charge in [-0.3, -0.25) is 28.0 Å². The third-order valence-corrected chi connectivity index (χ3v) is 14.5. The molecule has 73 heavy (non-hydrogen) atoms. The van der Waals surface area contributed by atoms with Gasteiger partial charge in [-0.1, -0.05) is 113 Å². The van der Waals surface area contributed by atoms with Crippen LogP contribution in [0.5, 0.6) is 0 Å². The Labute approximate surface area is 428 Å². The molecule has 0 saturated carbocycles. The van der Waals surface area contributed by atoms with E-state index in [2.05, 4.69) is 52.7 Å². The lowest BCUT2D eigenvalue weighted by Gasteiger charge is -2.38. The molecule has 0 radical (unpaired) electrons. The van der Waals surface area contributed by atoms with Gasteiger partial charge in [0.05, 0.1) is 37.4 Å². The molecule has 0 spiro atoms. The first-order valence-corrected chi connectivity index (χ1v) is 28.4. The number of phosphoric acid groups is 2. The fourth-order valence-corrected chi connectivity index (χ4v) is 10.0. The largest absolute Gasteiger partial charge is 0.481 e. The second-order valence-electron chi connectivity index (χ2n) is 18.1. The molecule has 2 unspecified atom stereocenters. The molecule has 0 aliphatic carbocycles. The number of esters is 2. The van der Waals surface area contributed by atoms with Gasteiger partial charge < -0.3 is 50.2 Å². The molecule has 3 heterocycles. The predicted molar refractivity (Wildman–Crippen MR) is 271 cm³/mol. The topological polar surface area (TPSA) is 323 Å². The van der Waals surface area contributed by atoms with Gasteiger partial charge in [-0.2, -0.15) is 9.29 Å². The number of cyclic esters (lactones) is 1. The molecule has 21 nitrogen and oxygen atoms in total. The summed E-state index contributed by atoms with van der Waals surface area (Å²) in [5.41, 5.74) is 4.72. The minimum Gasteiger partial charge on any atom is -0.462 e. The Morgan fingerprint density at radius 2 is 1.58 bits per heavy atom. The van der Waals surface area contributed by atoms with Crippen LogP contribution in [0.15, 0.2) is 77.8 Å². The molecule has 2 aliphatic rings. The number of Topliss-reactive ketones (excluding diaryl/α,β-unsaturated/α-hetero) is 1. The minimum absolute atomic E-state index is 0.0268. The van der Waals surface area contributed by atoms with Gasteiger partial charge in [-0.15, -0.1) is 0 Å². The number of anilines is 1. The number of ether oxygens (including phenoxy) is 3. The molecular weight excluding hydrogens is 993 g/mol. The molecule has 412 valence electrons. The first-order valence-electron chi connectivity index (χ1n) is 25.4. The highest BCUT2D eigenvalue weighted by atomic mass is 31.3. The molecule has 3 rings (SSSR count). The smallest absolute Gasteiger partial charge is 0.462 e. The molecule has 0 amide bonds. The van der Waals surface area contributed by atoms with E-state index in [-0.39, 0.29) is 37.9 Å². The van der Waals surface area contributed by atoms with Crippen molar-refractivity contribution in [1.82, 2.24) is 9.55 Å². The number of nitrogen functional groups attached to an aromatic ring is 1. The summed E-state index contributed by atoms with van der Waals surface area (Å²) in [4.78, 5) is 78.4. The van der Waals surface area contributed by atoms with Gasteiger partial charge in [0.25, 0.3) is 0 Å². The van der Waals surface area contributed by atoms with Crippen LogP contribution in [0.2, 0.25) is 0 Å². The van der Waals surface area contributed by atoms with Crippen LogP contribution >= 0.6 is 15.6 Å². The van der Waals surface area contributed by atoms with Crippen molar-refractivity contribution in [3.8, 4) is 0 Å². The van der Waals surface area contributed by atoms with Crippen LogP contribution in [0.3, 0.4) is 0 Å².